The van der Waals surface area contributed by atoms with Crippen molar-refractivity contribution in [1.29, 1.82) is 5.26 Å². The highest BCUT2D eigenvalue weighted by Crippen LogP contribution is 2.33. The van der Waals surface area contributed by atoms with Crippen LogP contribution in [0, 0.1) is 29.1 Å². The van der Waals surface area contributed by atoms with E-state index in [9.17, 15) is 4.79 Å². The first-order chi connectivity index (χ1) is 15.0. The molecule has 0 aliphatic carbocycles. The number of hydrogen-bond donors (Lipinski definition) is 5. The SMILES string of the molecule is N#CCC1CNC(C(C(=O)Nc2cnccc2OC2CN3CCC2CC3)C(N)N)NC1. The van der Waals surface area contributed by atoms with Gasteiger partial charge < -0.3 is 32.2 Å². The summed E-state index contributed by atoms with van der Waals surface area (Å²) in [4.78, 5) is 19.7. The number of anilines is 1. The summed E-state index contributed by atoms with van der Waals surface area (Å²) in [6, 6.07) is 3.96. The van der Waals surface area contributed by atoms with Crippen LogP contribution in [0.1, 0.15) is 19.3 Å². The molecule has 4 saturated heterocycles. The van der Waals surface area contributed by atoms with Crippen molar-refractivity contribution in [3.8, 4) is 11.8 Å². The second-order valence-electron chi connectivity index (χ2n) is 8.78. The number of nitrogens with two attached hydrogens (primary N) is 2. The first kappa shape index (κ1) is 21.9. The lowest BCUT2D eigenvalue weighted by Crippen LogP contribution is -2.63. The lowest BCUT2D eigenvalue weighted by atomic mass is 9.86. The molecule has 2 atom stereocenters. The van der Waals surface area contributed by atoms with Crippen molar-refractivity contribution in [3.05, 3.63) is 18.5 Å². The first-order valence-electron chi connectivity index (χ1n) is 11.0. The minimum Gasteiger partial charge on any atom is -0.487 e. The molecule has 4 fully saturated rings. The number of nitriles is 1. The van der Waals surface area contributed by atoms with Gasteiger partial charge >= 0.3 is 0 Å². The molecular weight excluding hydrogens is 396 g/mol. The summed E-state index contributed by atoms with van der Waals surface area (Å²) in [5.74, 6) is 0.353. The summed E-state index contributed by atoms with van der Waals surface area (Å²) >= 11 is 0. The zero-order valence-corrected chi connectivity index (χ0v) is 17.7. The quantitative estimate of drug-likeness (QED) is 0.358. The minimum atomic E-state index is -0.861. The van der Waals surface area contributed by atoms with Crippen LogP contribution in [0.2, 0.25) is 0 Å². The van der Waals surface area contributed by atoms with Gasteiger partial charge in [-0.15, -0.1) is 0 Å². The molecule has 7 N–H and O–H groups in total. The number of amides is 1. The fourth-order valence-electron chi connectivity index (χ4n) is 4.81. The fourth-order valence-corrected chi connectivity index (χ4v) is 4.81. The van der Waals surface area contributed by atoms with Crippen LogP contribution in [0.4, 0.5) is 5.69 Å². The second kappa shape index (κ2) is 9.89. The smallest absolute Gasteiger partial charge is 0.233 e. The molecule has 5 rings (SSSR count). The molecule has 1 amide bonds. The van der Waals surface area contributed by atoms with Crippen LogP contribution in [0.5, 0.6) is 5.75 Å². The van der Waals surface area contributed by atoms with Crippen LogP contribution < -0.4 is 32.2 Å². The number of carbonyl (C=O) groups excluding carboxylic acids is 1. The van der Waals surface area contributed by atoms with Gasteiger partial charge in [-0.3, -0.25) is 14.7 Å². The predicted molar refractivity (Wildman–Crippen MR) is 116 cm³/mol. The van der Waals surface area contributed by atoms with Crippen LogP contribution in [-0.4, -0.2) is 67.0 Å². The Morgan fingerprint density at radius 3 is 2.71 bits per heavy atom. The fraction of sp³-hybridized carbons (Fsp3) is 0.667. The zero-order valence-electron chi connectivity index (χ0n) is 17.7. The maximum absolute atomic E-state index is 13.1. The van der Waals surface area contributed by atoms with Crippen molar-refractivity contribution >= 4 is 11.6 Å². The molecule has 0 aromatic carbocycles. The van der Waals surface area contributed by atoms with Gasteiger partial charge in [0, 0.05) is 38.3 Å². The lowest BCUT2D eigenvalue weighted by molar-refractivity contribution is -0.122. The van der Waals surface area contributed by atoms with E-state index < -0.39 is 12.1 Å². The van der Waals surface area contributed by atoms with Gasteiger partial charge in [0.25, 0.3) is 0 Å². The van der Waals surface area contributed by atoms with E-state index >= 15 is 0 Å². The molecule has 4 aliphatic rings. The van der Waals surface area contributed by atoms with Gasteiger partial charge in [-0.05, 0) is 37.8 Å². The molecule has 1 aromatic heterocycles. The number of nitrogens with zero attached hydrogens (tertiary/aromatic N) is 3. The lowest BCUT2D eigenvalue weighted by Gasteiger charge is -2.44. The molecule has 2 bridgehead atoms. The average molecular weight is 429 g/mol. The average Bonchev–Trinajstić information content (AvgIpc) is 2.77. The van der Waals surface area contributed by atoms with E-state index in [1.165, 1.54) is 0 Å². The van der Waals surface area contributed by atoms with Crippen molar-refractivity contribution in [1.82, 2.24) is 20.5 Å². The number of pyridine rings is 1. The number of ether oxygens (including phenoxy) is 1. The molecule has 5 heterocycles. The first-order valence-corrected chi connectivity index (χ1v) is 11.0. The van der Waals surface area contributed by atoms with E-state index in [2.05, 4.69) is 31.9 Å². The summed E-state index contributed by atoms with van der Waals surface area (Å²) in [6.07, 6.45) is 4.89. The molecule has 31 heavy (non-hydrogen) atoms. The summed E-state index contributed by atoms with van der Waals surface area (Å²) in [7, 11) is 0. The van der Waals surface area contributed by atoms with Crippen LogP contribution in [0.25, 0.3) is 0 Å². The van der Waals surface area contributed by atoms with Crippen LogP contribution >= 0.6 is 0 Å². The molecule has 1 aromatic rings. The molecule has 10 nitrogen and oxygen atoms in total. The molecule has 0 saturated carbocycles. The topological polar surface area (TPSA) is 154 Å². The van der Waals surface area contributed by atoms with Gasteiger partial charge in [0.2, 0.25) is 5.91 Å². The molecular formula is C21H32N8O2. The largest absolute Gasteiger partial charge is 0.487 e. The maximum atomic E-state index is 13.1. The Balaban J connectivity index is 1.42. The highest BCUT2D eigenvalue weighted by atomic mass is 16.5. The van der Waals surface area contributed by atoms with Gasteiger partial charge in [-0.25, -0.2) is 0 Å². The number of aromatic nitrogens is 1. The van der Waals surface area contributed by atoms with E-state index in [1.54, 1.807) is 18.5 Å². The van der Waals surface area contributed by atoms with E-state index in [4.69, 9.17) is 21.5 Å². The minimum absolute atomic E-state index is 0.117. The zero-order chi connectivity index (χ0) is 21.8. The van der Waals surface area contributed by atoms with Crippen molar-refractivity contribution in [2.45, 2.75) is 37.7 Å². The van der Waals surface area contributed by atoms with E-state index in [-0.39, 0.29) is 24.1 Å². The molecule has 168 valence electrons. The maximum Gasteiger partial charge on any atom is 0.233 e. The standard InChI is InChI=1S/C21H32N8O2/c22-5-1-13-9-26-20(27-10-13)18(19(23)24)21(30)28-15-11-25-6-2-16(15)31-17-12-29-7-3-14(17)4-8-29/h2,6,11,13-14,17-20,26-27H,1,3-4,7-10,12,23-24H2,(H,28,30). The molecule has 0 spiro atoms. The number of rotatable bonds is 7. The second-order valence-corrected chi connectivity index (χ2v) is 8.78. The third-order valence-corrected chi connectivity index (χ3v) is 6.62. The summed E-state index contributed by atoms with van der Waals surface area (Å²) in [6.45, 7) is 4.44. The Morgan fingerprint density at radius 2 is 2.10 bits per heavy atom. The Hall–Kier alpha value is -2.29. The van der Waals surface area contributed by atoms with Crippen molar-refractivity contribution in [3.63, 3.8) is 0 Å². The van der Waals surface area contributed by atoms with Gasteiger partial charge in [0.05, 0.1) is 30.5 Å². The summed E-state index contributed by atoms with van der Waals surface area (Å²) < 4.78 is 6.33. The van der Waals surface area contributed by atoms with Gasteiger partial charge in [-0.2, -0.15) is 5.26 Å². The van der Waals surface area contributed by atoms with Crippen LogP contribution in [-0.2, 0) is 4.79 Å². The van der Waals surface area contributed by atoms with Crippen molar-refractivity contribution in [2.24, 2.45) is 29.2 Å². The molecule has 4 aliphatic heterocycles. The summed E-state index contributed by atoms with van der Waals surface area (Å²) in [5.41, 5.74) is 12.5. The van der Waals surface area contributed by atoms with Gasteiger partial charge in [0.15, 0.2) is 0 Å². The Labute approximate surface area is 182 Å². The summed E-state index contributed by atoms with van der Waals surface area (Å²) in [5, 5.41) is 18.3. The van der Waals surface area contributed by atoms with E-state index in [0.717, 1.165) is 32.5 Å². The van der Waals surface area contributed by atoms with Crippen molar-refractivity contribution < 1.29 is 9.53 Å². The third-order valence-electron chi connectivity index (χ3n) is 6.62. The van der Waals surface area contributed by atoms with E-state index in [0.29, 0.717) is 36.9 Å². The number of fused-ring (bicyclic) bond motifs is 3. The highest BCUT2D eigenvalue weighted by molar-refractivity contribution is 5.94. The number of nitrogens with one attached hydrogen (secondary N) is 3. The normalized spacial score (nSPS) is 31.1. The van der Waals surface area contributed by atoms with Crippen molar-refractivity contribution in [2.75, 3.05) is 38.0 Å². The highest BCUT2D eigenvalue weighted by Gasteiger charge is 2.37. The Morgan fingerprint density at radius 1 is 1.35 bits per heavy atom. The Bertz CT molecular complexity index is 797. The Kier molecular flexibility index (Phi) is 6.99. The van der Waals surface area contributed by atoms with Crippen LogP contribution in [0.3, 0.4) is 0 Å². The number of hydrogen-bond acceptors (Lipinski definition) is 9. The molecule has 2 unspecified atom stereocenters. The van der Waals surface area contributed by atoms with Crippen LogP contribution in [0.15, 0.2) is 18.5 Å². The third kappa shape index (κ3) is 5.14. The van der Waals surface area contributed by atoms with Gasteiger partial charge in [-0.1, -0.05) is 0 Å². The predicted octanol–water partition coefficient (Wildman–Crippen LogP) is -0.598. The molecule has 10 heteroatoms. The van der Waals surface area contributed by atoms with E-state index in [1.807, 2.05) is 0 Å². The van der Waals surface area contributed by atoms with Gasteiger partial charge in [0.1, 0.15) is 17.5 Å². The molecule has 0 radical (unpaired) electrons. The number of carbonyl (C=O) groups is 1. The monoisotopic (exact) mass is 428 g/mol. The number of piperidine rings is 3.